The Morgan fingerprint density at radius 2 is 1.75 bits per heavy atom. The Labute approximate surface area is 145 Å². The summed E-state index contributed by atoms with van der Waals surface area (Å²) in [6.07, 6.45) is 1.05. The molecule has 0 saturated heterocycles. The molecule has 0 aromatic heterocycles. The monoisotopic (exact) mass is 325 g/mol. The number of carbonyl (C=O) groups excluding carboxylic acids is 1. The number of quaternary nitrogens is 1. The van der Waals surface area contributed by atoms with Gasteiger partial charge in [0.2, 0.25) is 0 Å². The van der Waals surface area contributed by atoms with E-state index in [9.17, 15) is 4.79 Å². The summed E-state index contributed by atoms with van der Waals surface area (Å²) in [6, 6.07) is 16.9. The highest BCUT2D eigenvalue weighted by molar-refractivity contribution is 5.92. The number of hydrogen-bond acceptors (Lipinski definition) is 1. The average molecular weight is 325 g/mol. The molecule has 0 saturated carbocycles. The van der Waals surface area contributed by atoms with E-state index in [1.54, 1.807) is 0 Å². The smallest absolute Gasteiger partial charge is 0.279 e. The third-order valence-electron chi connectivity index (χ3n) is 4.47. The number of para-hydroxylation sites is 1. The second-order valence-corrected chi connectivity index (χ2v) is 6.67. The summed E-state index contributed by atoms with van der Waals surface area (Å²) in [4.78, 5) is 12.3. The van der Waals surface area contributed by atoms with Crippen molar-refractivity contribution in [2.75, 3.05) is 11.9 Å². The van der Waals surface area contributed by atoms with Crippen molar-refractivity contribution in [3.63, 3.8) is 0 Å². The Hall–Kier alpha value is -2.13. The van der Waals surface area contributed by atoms with E-state index in [4.69, 9.17) is 0 Å². The first-order valence-corrected chi connectivity index (χ1v) is 8.79. The van der Waals surface area contributed by atoms with Crippen molar-refractivity contribution in [1.29, 1.82) is 0 Å². The van der Waals surface area contributed by atoms with Crippen LogP contribution in [0, 0.1) is 12.8 Å². The van der Waals surface area contributed by atoms with Crippen molar-refractivity contribution in [2.45, 2.75) is 40.2 Å². The maximum atomic E-state index is 12.3. The van der Waals surface area contributed by atoms with Crippen molar-refractivity contribution in [3.8, 4) is 0 Å². The lowest BCUT2D eigenvalue weighted by Gasteiger charge is -2.20. The second-order valence-electron chi connectivity index (χ2n) is 6.67. The summed E-state index contributed by atoms with van der Waals surface area (Å²) in [6.45, 7) is 9.00. The zero-order chi connectivity index (χ0) is 17.5. The van der Waals surface area contributed by atoms with Gasteiger partial charge >= 0.3 is 0 Å². The van der Waals surface area contributed by atoms with Crippen LogP contribution in [-0.4, -0.2) is 12.5 Å². The lowest BCUT2D eigenvalue weighted by Crippen LogP contribution is -2.88. The van der Waals surface area contributed by atoms with Crippen LogP contribution in [0.15, 0.2) is 48.5 Å². The first-order chi connectivity index (χ1) is 11.5. The number of aryl methyl sites for hydroxylation is 2. The molecule has 0 bridgehead atoms. The van der Waals surface area contributed by atoms with Crippen molar-refractivity contribution >= 4 is 11.6 Å². The molecule has 0 aliphatic rings. The summed E-state index contributed by atoms with van der Waals surface area (Å²) in [5.74, 6) is 0.504. The zero-order valence-corrected chi connectivity index (χ0v) is 15.2. The van der Waals surface area contributed by atoms with Crippen LogP contribution in [0.3, 0.4) is 0 Å². The number of nitrogens with two attached hydrogens (primary N) is 1. The third-order valence-corrected chi connectivity index (χ3v) is 4.47. The van der Waals surface area contributed by atoms with Gasteiger partial charge in [0, 0.05) is 17.2 Å². The van der Waals surface area contributed by atoms with Crippen LogP contribution in [-0.2, 0) is 11.2 Å². The molecule has 0 heterocycles. The summed E-state index contributed by atoms with van der Waals surface area (Å²) in [7, 11) is 0. The van der Waals surface area contributed by atoms with E-state index >= 15 is 0 Å². The normalized spacial score (nSPS) is 12.2. The molecule has 0 fully saturated rings. The second kappa shape index (κ2) is 8.65. The number of hydrogen-bond donors (Lipinski definition) is 2. The number of anilines is 1. The number of carbonyl (C=O) groups is 1. The lowest BCUT2D eigenvalue weighted by molar-refractivity contribution is -0.692. The van der Waals surface area contributed by atoms with Crippen LogP contribution in [0.1, 0.15) is 43.5 Å². The van der Waals surface area contributed by atoms with Crippen LogP contribution in [0.25, 0.3) is 0 Å². The van der Waals surface area contributed by atoms with Crippen molar-refractivity contribution in [2.24, 2.45) is 5.92 Å². The first-order valence-electron chi connectivity index (χ1n) is 8.79. The highest BCUT2D eigenvalue weighted by Gasteiger charge is 2.20. The predicted octanol–water partition coefficient (Wildman–Crippen LogP) is 3.46. The Morgan fingerprint density at radius 3 is 2.33 bits per heavy atom. The van der Waals surface area contributed by atoms with E-state index in [0.29, 0.717) is 18.5 Å². The van der Waals surface area contributed by atoms with Gasteiger partial charge < -0.3 is 10.6 Å². The molecule has 2 rings (SSSR count). The van der Waals surface area contributed by atoms with E-state index < -0.39 is 0 Å². The van der Waals surface area contributed by atoms with E-state index in [0.717, 1.165) is 17.7 Å². The maximum absolute atomic E-state index is 12.3. The highest BCUT2D eigenvalue weighted by Crippen LogP contribution is 2.18. The Kier molecular flexibility index (Phi) is 6.56. The first kappa shape index (κ1) is 18.2. The molecule has 3 nitrogen and oxygen atoms in total. The Balaban J connectivity index is 1.98. The van der Waals surface area contributed by atoms with Crippen molar-refractivity contribution in [1.82, 2.24) is 0 Å². The largest absolute Gasteiger partial charge is 0.332 e. The molecule has 0 aliphatic heterocycles. The van der Waals surface area contributed by atoms with E-state index in [2.05, 4.69) is 55.7 Å². The number of nitrogens with one attached hydrogen (secondary N) is 1. The van der Waals surface area contributed by atoms with Crippen LogP contribution in [0.5, 0.6) is 0 Å². The van der Waals surface area contributed by atoms with Gasteiger partial charge in [-0.15, -0.1) is 0 Å². The standard InChI is InChI=1S/C21H28N2O/c1-5-17-10-12-18(13-11-17)21(15(2)3)22-14-20(24)23-19-9-7-6-8-16(19)4/h6-13,15,21-22H,5,14H2,1-4H3,(H,23,24)/p+1/t21-/m1/s1. The molecular weight excluding hydrogens is 296 g/mol. The number of benzene rings is 2. The molecule has 128 valence electrons. The van der Waals surface area contributed by atoms with Gasteiger partial charge in [-0.2, -0.15) is 0 Å². The van der Waals surface area contributed by atoms with E-state index in [1.165, 1.54) is 11.1 Å². The van der Waals surface area contributed by atoms with Gasteiger partial charge in [0.1, 0.15) is 6.04 Å². The van der Waals surface area contributed by atoms with Gasteiger partial charge in [-0.05, 0) is 30.5 Å². The predicted molar refractivity (Wildman–Crippen MR) is 100 cm³/mol. The molecule has 0 aliphatic carbocycles. The average Bonchev–Trinajstić information content (AvgIpc) is 2.57. The molecular formula is C21H29N2O+. The SMILES string of the molecule is CCc1ccc([C@H]([NH2+]CC(=O)Nc2ccccc2C)C(C)C)cc1. The van der Waals surface area contributed by atoms with Gasteiger partial charge in [0.15, 0.2) is 6.54 Å². The summed E-state index contributed by atoms with van der Waals surface area (Å²) < 4.78 is 0. The fraction of sp³-hybridized carbons (Fsp3) is 0.381. The fourth-order valence-corrected chi connectivity index (χ4v) is 2.92. The molecule has 24 heavy (non-hydrogen) atoms. The molecule has 0 spiro atoms. The molecule has 1 atom stereocenters. The van der Waals surface area contributed by atoms with Gasteiger partial charge in [-0.25, -0.2) is 0 Å². The maximum Gasteiger partial charge on any atom is 0.279 e. The molecule has 2 aromatic rings. The van der Waals surface area contributed by atoms with Gasteiger partial charge in [0.05, 0.1) is 0 Å². The van der Waals surface area contributed by atoms with Crippen LogP contribution in [0.2, 0.25) is 0 Å². The highest BCUT2D eigenvalue weighted by atomic mass is 16.1. The minimum atomic E-state index is 0.0418. The van der Waals surface area contributed by atoms with Gasteiger partial charge in [-0.1, -0.05) is 63.2 Å². The molecule has 3 N–H and O–H groups in total. The summed E-state index contributed by atoms with van der Waals surface area (Å²) >= 11 is 0. The minimum Gasteiger partial charge on any atom is -0.332 e. The van der Waals surface area contributed by atoms with E-state index in [1.807, 2.05) is 31.2 Å². The Morgan fingerprint density at radius 1 is 1.08 bits per heavy atom. The number of amides is 1. The summed E-state index contributed by atoms with van der Waals surface area (Å²) in [5.41, 5.74) is 4.61. The third kappa shape index (κ3) is 4.93. The van der Waals surface area contributed by atoms with Crippen LogP contribution in [0.4, 0.5) is 5.69 Å². The molecule has 1 amide bonds. The zero-order valence-electron chi connectivity index (χ0n) is 15.2. The minimum absolute atomic E-state index is 0.0418. The van der Waals surface area contributed by atoms with E-state index in [-0.39, 0.29) is 5.91 Å². The molecule has 0 radical (unpaired) electrons. The molecule has 3 heteroatoms. The summed E-state index contributed by atoms with van der Waals surface area (Å²) in [5, 5.41) is 5.14. The fourth-order valence-electron chi connectivity index (χ4n) is 2.92. The van der Waals surface area contributed by atoms with Gasteiger partial charge in [-0.3, -0.25) is 4.79 Å². The van der Waals surface area contributed by atoms with Crippen molar-refractivity contribution < 1.29 is 10.1 Å². The Bertz CT molecular complexity index is 662. The van der Waals surface area contributed by atoms with Crippen LogP contribution < -0.4 is 10.6 Å². The lowest BCUT2D eigenvalue weighted by atomic mass is 9.95. The quantitative estimate of drug-likeness (QED) is 0.804. The van der Waals surface area contributed by atoms with Crippen molar-refractivity contribution in [3.05, 3.63) is 65.2 Å². The molecule has 0 unspecified atom stereocenters. The number of rotatable bonds is 7. The van der Waals surface area contributed by atoms with Crippen LogP contribution >= 0.6 is 0 Å². The van der Waals surface area contributed by atoms with Gasteiger partial charge in [0.25, 0.3) is 5.91 Å². The molecule has 2 aromatic carbocycles. The topological polar surface area (TPSA) is 45.7 Å².